The third-order valence-corrected chi connectivity index (χ3v) is 5.94. The molecule has 3 aromatic rings. The summed E-state index contributed by atoms with van der Waals surface area (Å²) in [6.45, 7) is 24.0. The van der Waals surface area contributed by atoms with E-state index in [0.29, 0.717) is 5.92 Å². The third kappa shape index (κ3) is 11.4. The Morgan fingerprint density at radius 2 is 1.17 bits per heavy atom. The highest BCUT2D eigenvalue weighted by Gasteiger charge is 2.11. The van der Waals surface area contributed by atoms with Gasteiger partial charge in [-0.1, -0.05) is 141 Å². The Hall–Kier alpha value is -3.38. The predicted octanol–water partition coefficient (Wildman–Crippen LogP) is 10.8. The average molecular weight is 479 g/mol. The van der Waals surface area contributed by atoms with Gasteiger partial charge in [-0.05, 0) is 75.3 Å². The van der Waals surface area contributed by atoms with Gasteiger partial charge in [-0.3, -0.25) is 0 Å². The van der Waals surface area contributed by atoms with E-state index in [2.05, 4.69) is 125 Å². The van der Waals surface area contributed by atoms with Gasteiger partial charge >= 0.3 is 0 Å². The largest absolute Gasteiger partial charge is 0.0998 e. The molecule has 0 nitrogen and oxygen atoms in total. The summed E-state index contributed by atoms with van der Waals surface area (Å²) in [5.41, 5.74) is 10.2. The first-order chi connectivity index (χ1) is 17.2. The molecule has 0 unspecified atom stereocenters. The van der Waals surface area contributed by atoms with Crippen molar-refractivity contribution in [2.24, 2.45) is 0 Å². The fourth-order valence-electron chi connectivity index (χ4n) is 4.18. The maximum atomic E-state index is 3.89. The fraction of sp³-hybridized carbons (Fsp3) is 0.278. The Morgan fingerprint density at radius 3 is 1.50 bits per heavy atom. The molecule has 3 rings (SSSR count). The molecule has 0 spiro atoms. The van der Waals surface area contributed by atoms with Crippen molar-refractivity contribution < 1.29 is 0 Å². The van der Waals surface area contributed by atoms with Crippen LogP contribution in [0.25, 0.3) is 0 Å². The first-order valence-electron chi connectivity index (χ1n) is 13.0. The molecule has 0 amide bonds. The zero-order valence-electron chi connectivity index (χ0n) is 23.5. The van der Waals surface area contributed by atoms with E-state index in [1.165, 1.54) is 46.2 Å². The van der Waals surface area contributed by atoms with Crippen LogP contribution in [0.2, 0.25) is 0 Å². The van der Waals surface area contributed by atoms with Crippen molar-refractivity contribution >= 4 is 0 Å². The SMILES string of the molecule is C=C(C)C(=CC)C(=C)C.C=C(C)Cc1ccccc1C.CCCC(c1ccccc1)c1ccccc1. The molecule has 0 aliphatic rings. The zero-order chi connectivity index (χ0) is 26.9. The topological polar surface area (TPSA) is 0 Å². The van der Waals surface area contributed by atoms with Gasteiger partial charge in [0.25, 0.3) is 0 Å². The van der Waals surface area contributed by atoms with E-state index in [0.717, 1.165) is 17.6 Å². The molecule has 0 N–H and O–H groups in total. The third-order valence-electron chi connectivity index (χ3n) is 5.94. The molecule has 0 aliphatic carbocycles. The smallest absolute Gasteiger partial charge is 0.00892 e. The lowest BCUT2D eigenvalue weighted by atomic mass is 9.88. The van der Waals surface area contributed by atoms with Crippen LogP contribution < -0.4 is 0 Å². The van der Waals surface area contributed by atoms with Crippen molar-refractivity contribution in [3.63, 3.8) is 0 Å². The van der Waals surface area contributed by atoms with Crippen molar-refractivity contribution in [3.05, 3.63) is 155 Å². The molecule has 0 heteroatoms. The Balaban J connectivity index is 0.000000286. The minimum absolute atomic E-state index is 0.549. The van der Waals surface area contributed by atoms with Gasteiger partial charge < -0.3 is 0 Å². The van der Waals surface area contributed by atoms with Crippen LogP contribution in [0.15, 0.2) is 133 Å². The predicted molar refractivity (Wildman–Crippen MR) is 163 cm³/mol. The molecular weight excluding hydrogens is 432 g/mol. The number of allylic oxidation sites excluding steroid dienone is 5. The standard InChI is InChI=1S/C16H18.C11H14.C9H14/c1-2-9-16(14-10-5-3-6-11-14)15-12-7-4-8-13-15;1-9(2)8-11-7-5-4-6-10(11)3;1-6-9(7(2)3)8(4)5/h3-8,10-13,16H,2,9H2,1H3;4-7H,1,8H2,2-3H3;6H,2,4H2,1,3,5H3. The highest BCUT2D eigenvalue weighted by Crippen LogP contribution is 2.28. The molecule has 0 radical (unpaired) electrons. The molecule has 0 fully saturated rings. The van der Waals surface area contributed by atoms with Gasteiger partial charge in [-0.2, -0.15) is 0 Å². The van der Waals surface area contributed by atoms with Gasteiger partial charge in [0.2, 0.25) is 0 Å². The van der Waals surface area contributed by atoms with Crippen LogP contribution in [0.4, 0.5) is 0 Å². The summed E-state index contributed by atoms with van der Waals surface area (Å²) in [5, 5.41) is 0. The molecular formula is C36H46. The minimum Gasteiger partial charge on any atom is -0.0998 e. The van der Waals surface area contributed by atoms with Gasteiger partial charge in [0.1, 0.15) is 0 Å². The summed E-state index contributed by atoms with van der Waals surface area (Å²) in [4.78, 5) is 0. The molecule has 0 aliphatic heterocycles. The van der Waals surface area contributed by atoms with Crippen LogP contribution in [0.3, 0.4) is 0 Å². The van der Waals surface area contributed by atoms with Gasteiger partial charge in [-0.25, -0.2) is 0 Å². The maximum absolute atomic E-state index is 3.89. The van der Waals surface area contributed by atoms with Crippen molar-refractivity contribution in [2.75, 3.05) is 0 Å². The lowest BCUT2D eigenvalue weighted by molar-refractivity contribution is 0.698. The molecule has 0 atom stereocenters. The van der Waals surface area contributed by atoms with E-state index in [4.69, 9.17) is 0 Å². The molecule has 0 heterocycles. The molecule has 190 valence electrons. The molecule has 36 heavy (non-hydrogen) atoms. The minimum atomic E-state index is 0.549. The zero-order valence-corrected chi connectivity index (χ0v) is 23.5. The summed E-state index contributed by atoms with van der Waals surface area (Å²) >= 11 is 0. The second-order valence-electron chi connectivity index (χ2n) is 9.49. The summed E-state index contributed by atoms with van der Waals surface area (Å²) in [6.07, 6.45) is 5.47. The highest BCUT2D eigenvalue weighted by atomic mass is 14.2. The summed E-state index contributed by atoms with van der Waals surface area (Å²) < 4.78 is 0. The van der Waals surface area contributed by atoms with Gasteiger partial charge in [0, 0.05) is 5.92 Å². The molecule has 0 saturated heterocycles. The van der Waals surface area contributed by atoms with Gasteiger partial charge in [0.05, 0.1) is 0 Å². The highest BCUT2D eigenvalue weighted by molar-refractivity contribution is 5.41. The maximum Gasteiger partial charge on any atom is 0.00892 e. The van der Waals surface area contributed by atoms with Crippen LogP contribution >= 0.6 is 0 Å². The van der Waals surface area contributed by atoms with E-state index in [9.17, 15) is 0 Å². The quantitative estimate of drug-likeness (QED) is 0.223. The monoisotopic (exact) mass is 478 g/mol. The number of aryl methyl sites for hydroxylation is 1. The summed E-state index contributed by atoms with van der Waals surface area (Å²) in [7, 11) is 0. The number of hydrogen-bond acceptors (Lipinski definition) is 0. The van der Waals surface area contributed by atoms with E-state index in [1.807, 2.05) is 26.8 Å². The molecule has 3 aromatic carbocycles. The van der Waals surface area contributed by atoms with Crippen molar-refractivity contribution in [1.82, 2.24) is 0 Å². The normalized spacial score (nSPS) is 9.75. The second kappa shape index (κ2) is 17.1. The first-order valence-corrected chi connectivity index (χ1v) is 13.0. The van der Waals surface area contributed by atoms with Crippen LogP contribution in [0.1, 0.15) is 75.6 Å². The van der Waals surface area contributed by atoms with Crippen LogP contribution in [-0.4, -0.2) is 0 Å². The lowest BCUT2D eigenvalue weighted by Gasteiger charge is -2.17. The van der Waals surface area contributed by atoms with E-state index < -0.39 is 0 Å². The Bertz CT molecular complexity index is 1040. The van der Waals surface area contributed by atoms with E-state index >= 15 is 0 Å². The second-order valence-corrected chi connectivity index (χ2v) is 9.49. The van der Waals surface area contributed by atoms with Gasteiger partial charge in [-0.15, -0.1) is 0 Å². The Labute approximate surface area is 221 Å². The van der Waals surface area contributed by atoms with Crippen molar-refractivity contribution in [2.45, 2.75) is 66.7 Å². The van der Waals surface area contributed by atoms with E-state index in [1.54, 1.807) is 0 Å². The van der Waals surface area contributed by atoms with E-state index in [-0.39, 0.29) is 0 Å². The number of rotatable bonds is 8. The summed E-state index contributed by atoms with van der Waals surface area (Å²) in [5.74, 6) is 0.549. The summed E-state index contributed by atoms with van der Waals surface area (Å²) in [6, 6.07) is 30.0. The molecule has 0 bridgehead atoms. The number of benzene rings is 3. The van der Waals surface area contributed by atoms with Crippen molar-refractivity contribution in [3.8, 4) is 0 Å². The number of hydrogen-bond donors (Lipinski definition) is 0. The first kappa shape index (κ1) is 30.7. The average Bonchev–Trinajstić information content (AvgIpc) is 2.85. The lowest BCUT2D eigenvalue weighted by Crippen LogP contribution is -2.00. The Morgan fingerprint density at radius 1 is 0.722 bits per heavy atom. The molecule has 0 aromatic heterocycles. The van der Waals surface area contributed by atoms with Gasteiger partial charge in [0.15, 0.2) is 0 Å². The molecule has 0 saturated carbocycles. The Kier molecular flexibility index (Phi) is 14.6. The van der Waals surface area contributed by atoms with Crippen LogP contribution in [0, 0.1) is 6.92 Å². The van der Waals surface area contributed by atoms with Crippen LogP contribution in [-0.2, 0) is 6.42 Å². The van der Waals surface area contributed by atoms with Crippen LogP contribution in [0.5, 0.6) is 0 Å². The fourth-order valence-corrected chi connectivity index (χ4v) is 4.18. The van der Waals surface area contributed by atoms with Crippen molar-refractivity contribution in [1.29, 1.82) is 0 Å².